The molecule has 0 atom stereocenters. The van der Waals surface area contributed by atoms with Gasteiger partial charge in [-0.2, -0.15) is 0 Å². The number of hydrogen-bond acceptors (Lipinski definition) is 6. The Hall–Kier alpha value is -2.58. The lowest BCUT2D eigenvalue weighted by Gasteiger charge is -2.08. The van der Waals surface area contributed by atoms with Crippen molar-refractivity contribution < 1.29 is 23.9 Å². The van der Waals surface area contributed by atoms with Gasteiger partial charge < -0.3 is 20.1 Å². The third kappa shape index (κ3) is 5.46. The first kappa shape index (κ1) is 21.7. The predicted molar refractivity (Wildman–Crippen MR) is 109 cm³/mol. The van der Waals surface area contributed by atoms with Crippen LogP contribution in [0.5, 0.6) is 5.75 Å². The van der Waals surface area contributed by atoms with Crippen LogP contribution in [0, 0.1) is 6.92 Å². The van der Waals surface area contributed by atoms with Crippen LogP contribution in [-0.2, 0) is 9.53 Å². The second-order valence-electron chi connectivity index (χ2n) is 5.80. The lowest BCUT2D eigenvalue weighted by molar-refractivity contribution is -0.118. The molecule has 0 aliphatic carbocycles. The number of carbonyl (C=O) groups excluding carboxylic acids is 3. The summed E-state index contributed by atoms with van der Waals surface area (Å²) in [7, 11) is 1.24. The first-order valence-corrected chi connectivity index (χ1v) is 9.74. The van der Waals surface area contributed by atoms with E-state index in [9.17, 15) is 14.4 Å². The number of hydrogen-bond donors (Lipinski definition) is 2. The zero-order chi connectivity index (χ0) is 20.7. The quantitative estimate of drug-likeness (QED) is 0.631. The van der Waals surface area contributed by atoms with Crippen molar-refractivity contribution in [2.45, 2.75) is 20.3 Å². The van der Waals surface area contributed by atoms with Crippen LogP contribution in [0.15, 0.2) is 24.3 Å². The average Bonchev–Trinajstić information content (AvgIpc) is 3.01. The summed E-state index contributed by atoms with van der Waals surface area (Å²) < 4.78 is 10.2. The number of halogens is 1. The SMILES string of the molecule is CCCNC(=O)c1sc(NC(=O)COc2ccc(Cl)cc2)c(C(=O)OC)c1C. The Labute approximate surface area is 172 Å². The van der Waals surface area contributed by atoms with Crippen LogP contribution in [-0.4, -0.2) is 38.0 Å². The number of anilines is 1. The molecule has 0 fully saturated rings. The Bertz CT molecular complexity index is 864. The van der Waals surface area contributed by atoms with E-state index >= 15 is 0 Å². The fourth-order valence-corrected chi connectivity index (χ4v) is 3.58. The number of esters is 1. The van der Waals surface area contributed by atoms with E-state index in [1.54, 1.807) is 31.2 Å². The fourth-order valence-electron chi connectivity index (χ4n) is 2.33. The van der Waals surface area contributed by atoms with Gasteiger partial charge in [-0.25, -0.2) is 4.79 Å². The highest BCUT2D eigenvalue weighted by molar-refractivity contribution is 7.18. The monoisotopic (exact) mass is 424 g/mol. The molecule has 0 bridgehead atoms. The minimum absolute atomic E-state index is 0.161. The summed E-state index contributed by atoms with van der Waals surface area (Å²) in [6.45, 7) is 3.83. The average molecular weight is 425 g/mol. The first-order chi connectivity index (χ1) is 13.4. The van der Waals surface area contributed by atoms with Crippen molar-refractivity contribution in [3.05, 3.63) is 45.3 Å². The maximum absolute atomic E-state index is 12.3. The van der Waals surface area contributed by atoms with Crippen LogP contribution in [0.3, 0.4) is 0 Å². The molecule has 0 radical (unpaired) electrons. The summed E-state index contributed by atoms with van der Waals surface area (Å²) >= 11 is 6.83. The molecule has 1 heterocycles. The van der Waals surface area contributed by atoms with Gasteiger partial charge in [0, 0.05) is 11.6 Å². The molecular formula is C19H21ClN2O5S. The third-order valence-corrected chi connectivity index (χ3v) is 5.17. The van der Waals surface area contributed by atoms with Crippen molar-refractivity contribution in [2.24, 2.45) is 0 Å². The minimum atomic E-state index is -0.628. The molecule has 9 heteroatoms. The number of carbonyl (C=O) groups is 3. The number of thiophene rings is 1. The normalized spacial score (nSPS) is 10.3. The van der Waals surface area contributed by atoms with Gasteiger partial charge in [-0.05, 0) is 43.2 Å². The van der Waals surface area contributed by atoms with Crippen LogP contribution < -0.4 is 15.4 Å². The largest absolute Gasteiger partial charge is 0.484 e. The zero-order valence-corrected chi connectivity index (χ0v) is 17.3. The van der Waals surface area contributed by atoms with Crippen LogP contribution in [0.2, 0.25) is 5.02 Å². The molecule has 2 amide bonds. The molecule has 2 rings (SSSR count). The summed E-state index contributed by atoms with van der Waals surface area (Å²) in [5, 5.41) is 6.19. The van der Waals surface area contributed by atoms with E-state index in [0.717, 1.165) is 17.8 Å². The number of benzene rings is 1. The van der Waals surface area contributed by atoms with Gasteiger partial charge in [-0.1, -0.05) is 18.5 Å². The van der Waals surface area contributed by atoms with Crippen LogP contribution in [0.1, 0.15) is 38.9 Å². The number of rotatable bonds is 8. The van der Waals surface area contributed by atoms with Gasteiger partial charge in [0.1, 0.15) is 10.8 Å². The Morgan fingerprint density at radius 3 is 2.46 bits per heavy atom. The highest BCUT2D eigenvalue weighted by Crippen LogP contribution is 2.33. The second kappa shape index (κ2) is 10.1. The number of amides is 2. The van der Waals surface area contributed by atoms with Crippen molar-refractivity contribution >= 4 is 45.7 Å². The molecule has 2 N–H and O–H groups in total. The fraction of sp³-hybridized carbons (Fsp3) is 0.316. The van der Waals surface area contributed by atoms with Crippen LogP contribution in [0.25, 0.3) is 0 Å². The minimum Gasteiger partial charge on any atom is -0.484 e. The van der Waals surface area contributed by atoms with E-state index in [-0.39, 0.29) is 23.1 Å². The predicted octanol–water partition coefficient (Wildman–Crippen LogP) is 3.65. The molecule has 0 saturated carbocycles. The van der Waals surface area contributed by atoms with Crippen molar-refractivity contribution in [1.82, 2.24) is 5.32 Å². The van der Waals surface area contributed by atoms with Crippen molar-refractivity contribution in [3.8, 4) is 5.75 Å². The molecule has 0 aliphatic rings. The Balaban J connectivity index is 2.15. The summed E-state index contributed by atoms with van der Waals surface area (Å²) in [6.07, 6.45) is 0.783. The number of nitrogens with one attached hydrogen (secondary N) is 2. The van der Waals surface area contributed by atoms with Crippen molar-refractivity contribution in [1.29, 1.82) is 0 Å². The third-order valence-electron chi connectivity index (χ3n) is 3.71. The lowest BCUT2D eigenvalue weighted by atomic mass is 10.1. The molecule has 150 valence electrons. The van der Waals surface area contributed by atoms with Gasteiger partial charge in [0.2, 0.25) is 0 Å². The molecule has 28 heavy (non-hydrogen) atoms. The Morgan fingerprint density at radius 1 is 1.18 bits per heavy atom. The smallest absolute Gasteiger partial charge is 0.341 e. The van der Waals surface area contributed by atoms with Crippen LogP contribution in [0.4, 0.5) is 5.00 Å². The van der Waals surface area contributed by atoms with Gasteiger partial charge >= 0.3 is 5.97 Å². The first-order valence-electron chi connectivity index (χ1n) is 8.55. The van der Waals surface area contributed by atoms with Crippen molar-refractivity contribution in [3.63, 3.8) is 0 Å². The highest BCUT2D eigenvalue weighted by Gasteiger charge is 2.26. The maximum Gasteiger partial charge on any atom is 0.341 e. The van der Waals surface area contributed by atoms with E-state index in [1.165, 1.54) is 7.11 Å². The highest BCUT2D eigenvalue weighted by atomic mass is 35.5. The molecule has 0 unspecified atom stereocenters. The molecule has 7 nitrogen and oxygen atoms in total. The number of ether oxygens (including phenoxy) is 2. The molecular weight excluding hydrogens is 404 g/mol. The number of methoxy groups -OCH3 is 1. The summed E-state index contributed by atoms with van der Waals surface area (Å²) in [5.41, 5.74) is 0.619. The molecule has 0 spiro atoms. The van der Waals surface area contributed by atoms with Crippen molar-refractivity contribution in [2.75, 3.05) is 25.6 Å². The summed E-state index contributed by atoms with van der Waals surface area (Å²) in [4.78, 5) is 37.1. The van der Waals surface area contributed by atoms with Gasteiger partial charge in [-0.3, -0.25) is 9.59 Å². The van der Waals surface area contributed by atoms with Gasteiger partial charge in [0.05, 0.1) is 17.6 Å². The van der Waals surface area contributed by atoms with Gasteiger partial charge in [-0.15, -0.1) is 11.3 Å². The maximum atomic E-state index is 12.3. The Morgan fingerprint density at radius 2 is 1.86 bits per heavy atom. The second-order valence-corrected chi connectivity index (χ2v) is 7.26. The summed E-state index contributed by atoms with van der Waals surface area (Å²) in [6, 6.07) is 6.57. The summed E-state index contributed by atoms with van der Waals surface area (Å²) in [5.74, 6) is -0.916. The van der Waals surface area contributed by atoms with Crippen LogP contribution >= 0.6 is 22.9 Å². The lowest BCUT2D eigenvalue weighted by Crippen LogP contribution is -2.23. The van der Waals surface area contributed by atoms with E-state index in [0.29, 0.717) is 27.8 Å². The standard InChI is InChI=1S/C19H21ClN2O5S/c1-4-9-21-17(24)16-11(2)15(19(25)26-3)18(28-16)22-14(23)10-27-13-7-5-12(20)6-8-13/h5-8H,4,9-10H2,1-3H3,(H,21,24)(H,22,23). The molecule has 2 aromatic rings. The van der Waals surface area contributed by atoms with Gasteiger partial charge in [0.15, 0.2) is 6.61 Å². The molecule has 1 aromatic heterocycles. The van der Waals surface area contributed by atoms with Gasteiger partial charge in [0.25, 0.3) is 11.8 Å². The zero-order valence-electron chi connectivity index (χ0n) is 15.8. The van der Waals surface area contributed by atoms with E-state index in [4.69, 9.17) is 21.1 Å². The Kier molecular flexibility index (Phi) is 7.83. The molecule has 0 saturated heterocycles. The molecule has 0 aliphatic heterocycles. The molecule has 1 aromatic carbocycles. The topological polar surface area (TPSA) is 93.7 Å². The van der Waals surface area contributed by atoms with E-state index in [2.05, 4.69) is 10.6 Å². The van der Waals surface area contributed by atoms with E-state index in [1.807, 2.05) is 6.92 Å². The van der Waals surface area contributed by atoms with E-state index < -0.39 is 11.9 Å².